The van der Waals surface area contributed by atoms with Crippen molar-refractivity contribution in [3.05, 3.63) is 65.2 Å². The number of aliphatic hydroxyl groups excluding tert-OH is 1. The molecule has 2 heterocycles. The molecule has 32 heavy (non-hydrogen) atoms. The first-order chi connectivity index (χ1) is 15.4. The fraction of sp³-hybridized carbons (Fsp3) is 0.500. The molecule has 0 amide bonds. The van der Waals surface area contributed by atoms with E-state index in [1.54, 1.807) is 6.07 Å². The molecule has 0 bridgehead atoms. The van der Waals surface area contributed by atoms with Gasteiger partial charge in [-0.15, -0.1) is 0 Å². The van der Waals surface area contributed by atoms with Crippen molar-refractivity contribution in [1.29, 1.82) is 0 Å². The first-order valence-corrected chi connectivity index (χ1v) is 11.1. The van der Waals surface area contributed by atoms with Crippen LogP contribution >= 0.6 is 0 Å². The van der Waals surface area contributed by atoms with E-state index in [0.717, 1.165) is 55.4 Å². The molecule has 2 aromatic rings. The third kappa shape index (κ3) is 5.61. The molecule has 8 heteroatoms. The number of aliphatic hydroxyl groups is 1. The zero-order chi connectivity index (χ0) is 22.6. The Kier molecular flexibility index (Phi) is 7.35. The number of hydrazine groups is 1. The molecule has 0 aliphatic carbocycles. The summed E-state index contributed by atoms with van der Waals surface area (Å²) in [6.45, 7) is 3.54. The summed E-state index contributed by atoms with van der Waals surface area (Å²) in [4.78, 5) is 2.41. The van der Waals surface area contributed by atoms with E-state index in [9.17, 15) is 13.2 Å². The maximum absolute atomic E-state index is 13.2. The van der Waals surface area contributed by atoms with Crippen LogP contribution < -0.4 is 15.6 Å². The molecule has 0 saturated carbocycles. The van der Waals surface area contributed by atoms with Crippen molar-refractivity contribution in [3.63, 3.8) is 0 Å². The van der Waals surface area contributed by atoms with Gasteiger partial charge in [-0.1, -0.05) is 30.3 Å². The van der Waals surface area contributed by atoms with Crippen molar-refractivity contribution in [2.24, 2.45) is 5.92 Å². The topological polar surface area (TPSA) is 56.8 Å². The molecule has 3 atom stereocenters. The molecule has 3 N–H and O–H groups in total. The number of rotatable bonds is 7. The van der Waals surface area contributed by atoms with Crippen LogP contribution in [-0.2, 0) is 12.7 Å². The Hall–Kier alpha value is -2.13. The van der Waals surface area contributed by atoms with Gasteiger partial charge in [-0.25, -0.2) is 0 Å². The average molecular weight is 450 g/mol. The van der Waals surface area contributed by atoms with E-state index in [1.165, 1.54) is 12.1 Å². The van der Waals surface area contributed by atoms with E-state index >= 15 is 0 Å². The maximum Gasteiger partial charge on any atom is 0.416 e. The highest BCUT2D eigenvalue weighted by molar-refractivity contribution is 5.31. The summed E-state index contributed by atoms with van der Waals surface area (Å²) >= 11 is 0. The molecule has 5 nitrogen and oxygen atoms in total. The highest BCUT2D eigenvalue weighted by atomic mass is 19.4. The first-order valence-electron chi connectivity index (χ1n) is 11.1. The Balaban J connectivity index is 1.43. The number of piperidine rings is 1. The number of halogens is 3. The number of ether oxygens (including phenoxy) is 1. The predicted molar refractivity (Wildman–Crippen MR) is 116 cm³/mol. The molecule has 4 rings (SSSR count). The number of benzene rings is 2. The van der Waals surface area contributed by atoms with E-state index in [1.807, 2.05) is 18.2 Å². The van der Waals surface area contributed by atoms with Crippen molar-refractivity contribution in [3.8, 4) is 5.75 Å². The second kappa shape index (κ2) is 10.2. The minimum atomic E-state index is -4.33. The third-order valence-corrected chi connectivity index (χ3v) is 6.38. The lowest BCUT2D eigenvalue weighted by atomic mass is 9.80. The molecule has 3 unspecified atom stereocenters. The standard InChI is InChI=1S/C24H30F3N3O2/c25-24(26,27)20-7-2-5-18(13-20)22-14-28-29-23(22)19-6-3-9-30(16-19)15-17-4-1-8-21(12-17)32-11-10-31/h1-2,4-5,7-8,12-13,19,22-23,28-29,31H,3,6,9-11,14-16H2. The Bertz CT molecular complexity index is 893. The zero-order valence-electron chi connectivity index (χ0n) is 17.9. The fourth-order valence-electron chi connectivity index (χ4n) is 4.91. The lowest BCUT2D eigenvalue weighted by molar-refractivity contribution is -0.137. The molecule has 2 aromatic carbocycles. The molecule has 0 radical (unpaired) electrons. The minimum absolute atomic E-state index is 0.00235. The van der Waals surface area contributed by atoms with E-state index in [0.29, 0.717) is 12.5 Å². The van der Waals surface area contributed by atoms with Crippen molar-refractivity contribution in [2.45, 2.75) is 37.5 Å². The van der Waals surface area contributed by atoms with Crippen molar-refractivity contribution < 1.29 is 23.0 Å². The number of alkyl halides is 3. The van der Waals surface area contributed by atoms with Gasteiger partial charge < -0.3 is 9.84 Å². The predicted octanol–water partition coefficient (Wildman–Crippen LogP) is 3.55. The Morgan fingerprint density at radius 3 is 2.78 bits per heavy atom. The number of hydrogen-bond acceptors (Lipinski definition) is 5. The zero-order valence-corrected chi connectivity index (χ0v) is 17.9. The molecule has 2 aliphatic heterocycles. The molecule has 0 aromatic heterocycles. The van der Waals surface area contributed by atoms with Gasteiger partial charge in [0.1, 0.15) is 12.4 Å². The Morgan fingerprint density at radius 2 is 1.97 bits per heavy atom. The molecular formula is C24H30F3N3O2. The normalized spacial score (nSPS) is 24.6. The summed E-state index contributed by atoms with van der Waals surface area (Å²) in [5.41, 5.74) is 7.82. The summed E-state index contributed by atoms with van der Waals surface area (Å²) < 4.78 is 45.1. The van der Waals surface area contributed by atoms with Crippen LogP contribution in [0.4, 0.5) is 13.2 Å². The largest absolute Gasteiger partial charge is 0.491 e. The van der Waals surface area contributed by atoms with E-state index in [-0.39, 0.29) is 25.2 Å². The quantitative estimate of drug-likeness (QED) is 0.604. The van der Waals surface area contributed by atoms with Crippen molar-refractivity contribution >= 4 is 0 Å². The SMILES string of the molecule is OCCOc1cccc(CN2CCCC(C3NNCC3c3cccc(C(F)(F)F)c3)C2)c1. The third-order valence-electron chi connectivity index (χ3n) is 6.38. The Morgan fingerprint density at radius 1 is 1.12 bits per heavy atom. The molecule has 2 fully saturated rings. The molecular weight excluding hydrogens is 419 g/mol. The van der Waals surface area contributed by atoms with Crippen molar-refractivity contribution in [1.82, 2.24) is 15.8 Å². The fourth-order valence-corrected chi connectivity index (χ4v) is 4.91. The summed E-state index contributed by atoms with van der Waals surface area (Å²) in [5, 5.41) is 8.95. The van der Waals surface area contributed by atoms with Gasteiger partial charge in [0, 0.05) is 31.6 Å². The van der Waals surface area contributed by atoms with Gasteiger partial charge in [-0.2, -0.15) is 13.2 Å². The van der Waals surface area contributed by atoms with Gasteiger partial charge in [0.15, 0.2) is 0 Å². The number of likely N-dealkylation sites (tertiary alicyclic amines) is 1. The van der Waals surface area contributed by atoms with Gasteiger partial charge in [-0.05, 0) is 54.6 Å². The smallest absolute Gasteiger partial charge is 0.416 e. The van der Waals surface area contributed by atoms with Gasteiger partial charge in [0.25, 0.3) is 0 Å². The van der Waals surface area contributed by atoms with Gasteiger partial charge in [-0.3, -0.25) is 15.8 Å². The number of hydrogen-bond donors (Lipinski definition) is 3. The van der Waals surface area contributed by atoms with Crippen LogP contribution in [0.2, 0.25) is 0 Å². The van der Waals surface area contributed by atoms with E-state index < -0.39 is 11.7 Å². The van der Waals surface area contributed by atoms with Crippen LogP contribution in [0.25, 0.3) is 0 Å². The maximum atomic E-state index is 13.2. The highest BCUT2D eigenvalue weighted by Gasteiger charge is 2.38. The lowest BCUT2D eigenvalue weighted by Crippen LogP contribution is -2.46. The van der Waals surface area contributed by atoms with Crippen LogP contribution in [0.5, 0.6) is 5.75 Å². The van der Waals surface area contributed by atoms with E-state index in [4.69, 9.17) is 9.84 Å². The second-order valence-corrected chi connectivity index (χ2v) is 8.64. The summed E-state index contributed by atoms with van der Waals surface area (Å²) in [7, 11) is 0. The molecule has 2 saturated heterocycles. The number of nitrogens with one attached hydrogen (secondary N) is 2. The summed E-state index contributed by atoms with van der Waals surface area (Å²) in [5.74, 6) is 1.08. The van der Waals surface area contributed by atoms with Crippen LogP contribution in [0, 0.1) is 5.92 Å². The van der Waals surface area contributed by atoms with Crippen LogP contribution in [-0.4, -0.2) is 48.9 Å². The molecule has 2 aliphatic rings. The van der Waals surface area contributed by atoms with E-state index in [2.05, 4.69) is 21.8 Å². The van der Waals surface area contributed by atoms with Gasteiger partial charge in [0.2, 0.25) is 0 Å². The van der Waals surface area contributed by atoms with Gasteiger partial charge in [0.05, 0.1) is 12.2 Å². The Labute approximate surface area is 186 Å². The molecule has 174 valence electrons. The average Bonchev–Trinajstić information content (AvgIpc) is 3.28. The second-order valence-electron chi connectivity index (χ2n) is 8.64. The highest BCUT2D eigenvalue weighted by Crippen LogP contribution is 2.35. The van der Waals surface area contributed by atoms with Gasteiger partial charge >= 0.3 is 6.18 Å². The lowest BCUT2D eigenvalue weighted by Gasteiger charge is -2.37. The molecule has 0 spiro atoms. The number of nitrogens with zero attached hydrogens (tertiary/aromatic N) is 1. The van der Waals surface area contributed by atoms with Crippen LogP contribution in [0.1, 0.15) is 35.4 Å². The first kappa shape index (κ1) is 23.0. The minimum Gasteiger partial charge on any atom is -0.491 e. The summed E-state index contributed by atoms with van der Waals surface area (Å²) in [6.07, 6.45) is -2.23. The monoisotopic (exact) mass is 449 g/mol. The van der Waals surface area contributed by atoms with Crippen LogP contribution in [0.3, 0.4) is 0 Å². The van der Waals surface area contributed by atoms with Crippen molar-refractivity contribution in [2.75, 3.05) is 32.8 Å². The summed E-state index contributed by atoms with van der Waals surface area (Å²) in [6, 6.07) is 13.7. The van der Waals surface area contributed by atoms with Crippen LogP contribution in [0.15, 0.2) is 48.5 Å².